The average Bonchev–Trinajstić information content (AvgIpc) is 2.36. The van der Waals surface area contributed by atoms with E-state index < -0.39 is 11.5 Å². The number of halogens is 2. The largest absolute Gasteiger partial charge is 0.441 e. The van der Waals surface area contributed by atoms with Crippen molar-refractivity contribution in [2.24, 2.45) is 5.73 Å². The second-order valence-electron chi connectivity index (χ2n) is 3.60. The molecule has 0 saturated carbocycles. The zero-order chi connectivity index (χ0) is 13.5. The minimum Gasteiger partial charge on any atom is -0.441 e. The summed E-state index contributed by atoms with van der Waals surface area (Å²) in [5, 5.41) is 0.572. The fourth-order valence-corrected chi connectivity index (χ4v) is 1.57. The Balaban J connectivity index is 2.44. The average molecular weight is 290 g/mol. The molecule has 0 bridgehead atoms. The molecule has 1 aromatic carbocycles. The van der Waals surface area contributed by atoms with E-state index in [9.17, 15) is 9.59 Å². The number of benzene rings is 1. The van der Waals surface area contributed by atoms with Gasteiger partial charge in [0.05, 0.1) is 13.0 Å². The van der Waals surface area contributed by atoms with Crippen LogP contribution in [0.2, 0.25) is 5.02 Å². The van der Waals surface area contributed by atoms with Crippen LogP contribution in [0.5, 0.6) is 0 Å². The van der Waals surface area contributed by atoms with Gasteiger partial charge < -0.3 is 10.5 Å². The number of nitrogens with two attached hydrogens (primary N) is 1. The molecule has 2 N–H and O–H groups in total. The van der Waals surface area contributed by atoms with Crippen molar-refractivity contribution in [1.29, 1.82) is 0 Å². The molecule has 0 aliphatic rings. The molecule has 1 aromatic rings. The van der Waals surface area contributed by atoms with Crippen molar-refractivity contribution in [3.05, 3.63) is 34.9 Å². The van der Waals surface area contributed by atoms with Gasteiger partial charge in [0.25, 0.3) is 0 Å². The van der Waals surface area contributed by atoms with Gasteiger partial charge in [0, 0.05) is 17.0 Å². The molecule has 0 aromatic heterocycles. The highest BCUT2D eigenvalue weighted by atomic mass is 35.5. The van der Waals surface area contributed by atoms with E-state index >= 15 is 0 Å². The number of ketones is 1. The van der Waals surface area contributed by atoms with Crippen molar-refractivity contribution < 1.29 is 14.3 Å². The molecule has 0 amide bonds. The molecule has 6 heteroatoms. The highest BCUT2D eigenvalue weighted by Crippen LogP contribution is 2.24. The molecule has 0 saturated heterocycles. The van der Waals surface area contributed by atoms with Gasteiger partial charge in [0.15, 0.2) is 0 Å². The van der Waals surface area contributed by atoms with Crippen LogP contribution in [0.3, 0.4) is 0 Å². The Hall–Kier alpha value is -1.10. The summed E-state index contributed by atoms with van der Waals surface area (Å²) in [5.41, 5.74) is 4.86. The number of hydrogen-bond donors (Lipinski definition) is 1. The molecule has 0 aliphatic carbocycles. The van der Waals surface area contributed by atoms with Gasteiger partial charge in [0.2, 0.25) is 5.56 Å². The lowest BCUT2D eigenvalue weighted by atomic mass is 10.2. The Morgan fingerprint density at radius 3 is 2.39 bits per heavy atom. The van der Waals surface area contributed by atoms with Gasteiger partial charge in [-0.1, -0.05) is 35.3 Å². The summed E-state index contributed by atoms with van der Waals surface area (Å²) in [5.74, 6) is -0.726. The number of rotatable bonds is 6. The fourth-order valence-electron chi connectivity index (χ4n) is 1.20. The summed E-state index contributed by atoms with van der Waals surface area (Å²) in [6.45, 7) is -0.0746. The third-order valence-electron chi connectivity index (χ3n) is 2.20. The summed E-state index contributed by atoms with van der Waals surface area (Å²) >= 11 is 11.6. The molecular formula is C12H13Cl2NO3. The SMILES string of the molecule is NCC(=O)CCC(=O)OC(Cl)c1ccc(Cl)cc1. The van der Waals surface area contributed by atoms with E-state index in [0.29, 0.717) is 10.6 Å². The topological polar surface area (TPSA) is 69.4 Å². The number of hydrogen-bond acceptors (Lipinski definition) is 4. The molecular weight excluding hydrogens is 277 g/mol. The second kappa shape index (κ2) is 7.36. The van der Waals surface area contributed by atoms with Gasteiger partial charge in [-0.05, 0) is 12.1 Å². The van der Waals surface area contributed by atoms with Crippen LogP contribution < -0.4 is 5.73 Å². The van der Waals surface area contributed by atoms with Gasteiger partial charge in [-0.2, -0.15) is 0 Å². The molecule has 0 spiro atoms. The highest BCUT2D eigenvalue weighted by Gasteiger charge is 2.14. The third-order valence-corrected chi connectivity index (χ3v) is 2.80. The molecule has 0 fully saturated rings. The number of esters is 1. The highest BCUT2D eigenvalue weighted by molar-refractivity contribution is 6.30. The van der Waals surface area contributed by atoms with Gasteiger partial charge in [0.1, 0.15) is 5.78 Å². The van der Waals surface area contributed by atoms with Crippen LogP contribution in [0, 0.1) is 0 Å². The lowest BCUT2D eigenvalue weighted by Gasteiger charge is -2.11. The zero-order valence-electron chi connectivity index (χ0n) is 9.57. The lowest BCUT2D eigenvalue weighted by Crippen LogP contribution is -2.16. The van der Waals surface area contributed by atoms with E-state index in [-0.39, 0.29) is 25.2 Å². The quantitative estimate of drug-likeness (QED) is 0.645. The van der Waals surface area contributed by atoms with Crippen molar-refractivity contribution in [3.63, 3.8) is 0 Å². The molecule has 1 unspecified atom stereocenters. The van der Waals surface area contributed by atoms with E-state index in [2.05, 4.69) is 0 Å². The van der Waals surface area contributed by atoms with Gasteiger partial charge in [-0.15, -0.1) is 0 Å². The summed E-state index contributed by atoms with van der Waals surface area (Å²) in [6, 6.07) is 6.63. The molecule has 1 rings (SSSR count). The van der Waals surface area contributed by atoms with Crippen molar-refractivity contribution in [1.82, 2.24) is 0 Å². The number of alkyl halides is 1. The molecule has 18 heavy (non-hydrogen) atoms. The van der Waals surface area contributed by atoms with Crippen LogP contribution >= 0.6 is 23.2 Å². The Bertz CT molecular complexity index is 420. The first kappa shape index (κ1) is 15.0. The van der Waals surface area contributed by atoms with Crippen LogP contribution in [0.15, 0.2) is 24.3 Å². The Morgan fingerprint density at radius 1 is 1.22 bits per heavy atom. The molecule has 0 radical (unpaired) electrons. The van der Waals surface area contributed by atoms with E-state index in [1.54, 1.807) is 24.3 Å². The minimum atomic E-state index is -0.886. The Labute approximate surface area is 115 Å². The van der Waals surface area contributed by atoms with Crippen LogP contribution in [-0.2, 0) is 14.3 Å². The Morgan fingerprint density at radius 2 is 1.83 bits per heavy atom. The normalized spacial score (nSPS) is 11.9. The smallest absolute Gasteiger partial charge is 0.308 e. The first-order chi connectivity index (χ1) is 8.52. The van der Waals surface area contributed by atoms with Crippen LogP contribution in [0.25, 0.3) is 0 Å². The maximum Gasteiger partial charge on any atom is 0.308 e. The van der Waals surface area contributed by atoms with Crippen LogP contribution in [-0.4, -0.2) is 18.3 Å². The summed E-state index contributed by atoms with van der Waals surface area (Å²) in [4.78, 5) is 22.3. The number of Topliss-reactive ketones (excluding diaryl/α,β-unsaturated/α-hetero) is 1. The first-order valence-electron chi connectivity index (χ1n) is 5.33. The van der Waals surface area contributed by atoms with Crippen LogP contribution in [0.4, 0.5) is 0 Å². The van der Waals surface area contributed by atoms with Crippen LogP contribution in [0.1, 0.15) is 24.0 Å². The monoisotopic (exact) mass is 289 g/mol. The third kappa shape index (κ3) is 5.04. The number of carbonyl (C=O) groups excluding carboxylic acids is 2. The summed E-state index contributed by atoms with van der Waals surface area (Å²) in [7, 11) is 0. The van der Waals surface area contributed by atoms with Crippen molar-refractivity contribution >= 4 is 35.0 Å². The van der Waals surface area contributed by atoms with Gasteiger partial charge in [-0.25, -0.2) is 0 Å². The van der Waals surface area contributed by atoms with E-state index in [0.717, 1.165) is 0 Å². The standard InChI is InChI=1S/C12H13Cl2NO3/c13-9-3-1-8(2-4-9)12(14)18-11(17)6-5-10(16)7-15/h1-4,12H,5-7,15H2. The van der Waals surface area contributed by atoms with E-state index in [1.165, 1.54) is 0 Å². The summed E-state index contributed by atoms with van der Waals surface area (Å²) < 4.78 is 4.96. The maximum absolute atomic E-state index is 11.4. The van der Waals surface area contributed by atoms with Gasteiger partial charge >= 0.3 is 5.97 Å². The van der Waals surface area contributed by atoms with Gasteiger partial charge in [-0.3, -0.25) is 9.59 Å². The molecule has 0 heterocycles. The molecule has 4 nitrogen and oxygen atoms in total. The first-order valence-corrected chi connectivity index (χ1v) is 6.15. The second-order valence-corrected chi connectivity index (χ2v) is 4.43. The molecule has 0 aliphatic heterocycles. The molecule has 98 valence electrons. The Kier molecular flexibility index (Phi) is 6.12. The molecule has 1 atom stereocenters. The predicted octanol–water partition coefficient (Wildman–Crippen LogP) is 2.43. The lowest BCUT2D eigenvalue weighted by molar-refractivity contribution is -0.146. The number of carbonyl (C=O) groups is 2. The maximum atomic E-state index is 11.4. The number of ether oxygens (including phenoxy) is 1. The van der Waals surface area contributed by atoms with E-state index in [4.69, 9.17) is 33.7 Å². The van der Waals surface area contributed by atoms with Crippen molar-refractivity contribution in [3.8, 4) is 0 Å². The minimum absolute atomic E-state index is 0.0210. The predicted molar refractivity (Wildman–Crippen MR) is 69.4 cm³/mol. The van der Waals surface area contributed by atoms with Crippen molar-refractivity contribution in [2.75, 3.05) is 6.54 Å². The zero-order valence-corrected chi connectivity index (χ0v) is 11.1. The fraction of sp³-hybridized carbons (Fsp3) is 0.333. The summed E-state index contributed by atoms with van der Waals surface area (Å²) in [6.07, 6.45) is 0.0480. The van der Waals surface area contributed by atoms with Crippen molar-refractivity contribution in [2.45, 2.75) is 18.4 Å². The van der Waals surface area contributed by atoms with E-state index in [1.807, 2.05) is 0 Å².